The van der Waals surface area contributed by atoms with E-state index in [1.807, 2.05) is 12.1 Å². The molecule has 2 aliphatic heterocycles. The van der Waals surface area contributed by atoms with Gasteiger partial charge in [0, 0.05) is 30.4 Å². The number of anilines is 1. The highest BCUT2D eigenvalue weighted by molar-refractivity contribution is 7.91. The van der Waals surface area contributed by atoms with E-state index < -0.39 is 9.84 Å². The molecule has 0 aliphatic carbocycles. The lowest BCUT2D eigenvalue weighted by Crippen LogP contribution is -2.44. The number of nitrogens with zero attached hydrogens (tertiary/aromatic N) is 1. The Morgan fingerprint density at radius 3 is 2.48 bits per heavy atom. The minimum atomic E-state index is -3.20. The summed E-state index contributed by atoms with van der Waals surface area (Å²) in [5.41, 5.74) is 1.43. The summed E-state index contributed by atoms with van der Waals surface area (Å²) in [6.07, 6.45) is 1.58. The number of halogens is 1. The van der Waals surface area contributed by atoms with Crippen molar-refractivity contribution in [1.29, 1.82) is 0 Å². The van der Waals surface area contributed by atoms with E-state index in [0.29, 0.717) is 40.2 Å². The van der Waals surface area contributed by atoms with Crippen LogP contribution in [0.3, 0.4) is 0 Å². The molecule has 4 rings (SSSR count). The fourth-order valence-corrected chi connectivity index (χ4v) is 4.97. The first-order valence-corrected chi connectivity index (χ1v) is 12.4. The molecule has 0 saturated carbocycles. The zero-order valence-corrected chi connectivity index (χ0v) is 18.8. The second kappa shape index (κ2) is 8.96. The van der Waals surface area contributed by atoms with E-state index in [1.165, 1.54) is 0 Å². The number of fused-ring (bicyclic) bond motifs is 1. The molecule has 166 valence electrons. The highest BCUT2D eigenvalue weighted by Crippen LogP contribution is 2.38. The molecule has 0 aromatic heterocycles. The topological polar surface area (TPSA) is 84.9 Å². The van der Waals surface area contributed by atoms with Gasteiger partial charge in [-0.2, -0.15) is 0 Å². The maximum atomic E-state index is 12.7. The van der Waals surface area contributed by atoms with Crippen molar-refractivity contribution >= 4 is 33.0 Å². The van der Waals surface area contributed by atoms with Gasteiger partial charge >= 0.3 is 0 Å². The smallest absolute Gasteiger partial charge is 0.251 e. The molecule has 1 saturated heterocycles. The molecule has 2 aromatic carbocycles. The van der Waals surface area contributed by atoms with Crippen molar-refractivity contribution in [3.8, 4) is 11.5 Å². The van der Waals surface area contributed by atoms with Gasteiger partial charge in [-0.15, -0.1) is 0 Å². The summed E-state index contributed by atoms with van der Waals surface area (Å²) in [6.45, 7) is 4.05. The van der Waals surface area contributed by atoms with Crippen LogP contribution in [-0.4, -0.2) is 52.4 Å². The molecule has 0 atom stereocenters. The third-order valence-corrected chi connectivity index (χ3v) is 7.66. The lowest BCUT2D eigenvalue weighted by molar-refractivity contribution is 0.0930. The van der Waals surface area contributed by atoms with Crippen LogP contribution in [0.5, 0.6) is 11.5 Å². The molecule has 1 fully saturated rings. The highest BCUT2D eigenvalue weighted by Gasteiger charge is 2.24. The molecule has 0 spiro atoms. The van der Waals surface area contributed by atoms with Gasteiger partial charge < -0.3 is 19.7 Å². The molecular weight excluding hydrogens is 440 g/mol. The molecule has 0 bridgehead atoms. The van der Waals surface area contributed by atoms with Crippen LogP contribution >= 0.6 is 11.6 Å². The summed E-state index contributed by atoms with van der Waals surface area (Å²) in [4.78, 5) is 15.3. The van der Waals surface area contributed by atoms with Gasteiger partial charge in [-0.05, 0) is 49.2 Å². The average molecular weight is 465 g/mol. The van der Waals surface area contributed by atoms with Crippen molar-refractivity contribution in [3.05, 3.63) is 47.0 Å². The van der Waals surface area contributed by atoms with Crippen molar-refractivity contribution in [1.82, 2.24) is 5.32 Å². The number of piperidine rings is 1. The number of rotatable bonds is 5. The number of hydrogen-bond acceptors (Lipinski definition) is 6. The van der Waals surface area contributed by atoms with E-state index in [2.05, 4.69) is 10.2 Å². The van der Waals surface area contributed by atoms with Gasteiger partial charge in [0.15, 0.2) is 21.3 Å². The van der Waals surface area contributed by atoms with Crippen molar-refractivity contribution in [2.75, 3.05) is 37.0 Å². The lowest BCUT2D eigenvalue weighted by Gasteiger charge is -2.34. The second-order valence-electron chi connectivity index (χ2n) is 7.61. The van der Waals surface area contributed by atoms with Crippen LogP contribution in [0.4, 0.5) is 5.69 Å². The Hall–Kier alpha value is -2.45. The third kappa shape index (κ3) is 4.75. The first kappa shape index (κ1) is 21.8. The number of ether oxygens (including phenoxy) is 2. The van der Waals surface area contributed by atoms with Gasteiger partial charge in [-0.3, -0.25) is 4.79 Å². The predicted octanol–water partition coefficient (Wildman–Crippen LogP) is 3.30. The molecule has 2 aromatic rings. The molecular formula is C22H25ClN2O5S. The monoisotopic (exact) mass is 464 g/mol. The first-order valence-electron chi connectivity index (χ1n) is 10.3. The third-order valence-electron chi connectivity index (χ3n) is 5.63. The normalized spacial score (nSPS) is 16.8. The zero-order chi connectivity index (χ0) is 22.0. The Kier molecular flexibility index (Phi) is 6.29. The van der Waals surface area contributed by atoms with Crippen molar-refractivity contribution in [2.24, 2.45) is 0 Å². The Morgan fingerprint density at radius 2 is 1.81 bits per heavy atom. The summed E-state index contributed by atoms with van der Waals surface area (Å²) in [6, 6.07) is 10.3. The summed E-state index contributed by atoms with van der Waals surface area (Å²) < 4.78 is 35.0. The number of benzene rings is 2. The number of hydrogen-bond donors (Lipinski definition) is 1. The SMILES string of the molecule is CCS(=O)(=O)c1ccc(N2CCC(NC(=O)c3cc(Cl)c4c(c3)OCCO4)CC2)cc1. The Balaban J connectivity index is 1.35. The van der Waals surface area contributed by atoms with Crippen molar-refractivity contribution < 1.29 is 22.7 Å². The van der Waals surface area contributed by atoms with Crippen LogP contribution in [-0.2, 0) is 9.84 Å². The molecule has 0 radical (unpaired) electrons. The number of carbonyl (C=O) groups is 1. The summed E-state index contributed by atoms with van der Waals surface area (Å²) >= 11 is 6.24. The van der Waals surface area contributed by atoms with Crippen LogP contribution in [0.1, 0.15) is 30.1 Å². The predicted molar refractivity (Wildman–Crippen MR) is 119 cm³/mol. The van der Waals surface area contributed by atoms with E-state index in [0.717, 1.165) is 31.6 Å². The summed E-state index contributed by atoms with van der Waals surface area (Å²) in [7, 11) is -3.20. The maximum absolute atomic E-state index is 12.7. The molecule has 1 amide bonds. The largest absolute Gasteiger partial charge is 0.486 e. The zero-order valence-electron chi connectivity index (χ0n) is 17.3. The van der Waals surface area contributed by atoms with Crippen LogP contribution in [0.25, 0.3) is 0 Å². The number of amides is 1. The Labute approximate surface area is 187 Å². The average Bonchev–Trinajstić information content (AvgIpc) is 2.79. The minimum absolute atomic E-state index is 0.0514. The van der Waals surface area contributed by atoms with Crippen LogP contribution in [0, 0.1) is 0 Å². The molecule has 1 N–H and O–H groups in total. The molecule has 0 unspecified atom stereocenters. The second-order valence-corrected chi connectivity index (χ2v) is 10.3. The molecule has 2 aliphatic rings. The Morgan fingerprint density at radius 1 is 1.13 bits per heavy atom. The van der Waals surface area contributed by atoms with E-state index in [-0.39, 0.29) is 17.7 Å². The minimum Gasteiger partial charge on any atom is -0.486 e. The number of sulfone groups is 1. The van der Waals surface area contributed by atoms with Gasteiger partial charge in [0.25, 0.3) is 5.91 Å². The van der Waals surface area contributed by atoms with Crippen LogP contribution in [0.15, 0.2) is 41.3 Å². The van der Waals surface area contributed by atoms with E-state index in [1.54, 1.807) is 31.2 Å². The van der Waals surface area contributed by atoms with E-state index in [9.17, 15) is 13.2 Å². The standard InChI is InChI=1S/C22H25ClN2O5S/c1-2-31(27,28)18-5-3-17(4-6-18)25-9-7-16(8-10-25)24-22(26)15-13-19(23)21-20(14-15)29-11-12-30-21/h3-6,13-14,16H,2,7-12H2,1H3,(H,24,26). The fourth-order valence-electron chi connectivity index (χ4n) is 3.82. The number of carbonyl (C=O) groups excluding carboxylic acids is 1. The van der Waals surface area contributed by atoms with Gasteiger partial charge in [0.2, 0.25) is 0 Å². The highest BCUT2D eigenvalue weighted by atomic mass is 35.5. The van der Waals surface area contributed by atoms with Gasteiger partial charge in [0.1, 0.15) is 13.2 Å². The molecule has 7 nitrogen and oxygen atoms in total. The van der Waals surface area contributed by atoms with E-state index >= 15 is 0 Å². The summed E-state index contributed by atoms with van der Waals surface area (Å²) in [5.74, 6) is 0.876. The van der Waals surface area contributed by atoms with Gasteiger partial charge in [-0.25, -0.2) is 8.42 Å². The maximum Gasteiger partial charge on any atom is 0.251 e. The summed E-state index contributed by atoms with van der Waals surface area (Å²) in [5, 5.41) is 3.44. The van der Waals surface area contributed by atoms with Crippen LogP contribution in [0.2, 0.25) is 5.02 Å². The van der Waals surface area contributed by atoms with Crippen LogP contribution < -0.4 is 19.7 Å². The Bertz CT molecular complexity index is 1060. The lowest BCUT2D eigenvalue weighted by atomic mass is 10.0. The number of nitrogens with one attached hydrogen (secondary N) is 1. The first-order chi connectivity index (χ1) is 14.9. The fraction of sp³-hybridized carbons (Fsp3) is 0.409. The van der Waals surface area contributed by atoms with Crippen molar-refractivity contribution in [3.63, 3.8) is 0 Å². The molecule has 9 heteroatoms. The van der Waals surface area contributed by atoms with Gasteiger partial charge in [0.05, 0.1) is 15.7 Å². The molecule has 31 heavy (non-hydrogen) atoms. The van der Waals surface area contributed by atoms with Gasteiger partial charge in [-0.1, -0.05) is 18.5 Å². The molecule has 2 heterocycles. The van der Waals surface area contributed by atoms with E-state index in [4.69, 9.17) is 21.1 Å². The quantitative estimate of drug-likeness (QED) is 0.730. The van der Waals surface area contributed by atoms with Crippen molar-refractivity contribution in [2.45, 2.75) is 30.7 Å².